The number of halogens is 4. The van der Waals surface area contributed by atoms with Gasteiger partial charge in [-0.15, -0.1) is 0 Å². The van der Waals surface area contributed by atoms with Gasteiger partial charge in [0, 0.05) is 23.2 Å². The summed E-state index contributed by atoms with van der Waals surface area (Å²) in [6.45, 7) is 1.80. The lowest BCUT2D eigenvalue weighted by molar-refractivity contribution is -0.141. The van der Waals surface area contributed by atoms with E-state index in [2.05, 4.69) is 4.98 Å². The zero-order chi connectivity index (χ0) is 16.3. The van der Waals surface area contributed by atoms with Gasteiger partial charge in [-0.05, 0) is 48.7 Å². The van der Waals surface area contributed by atoms with Crippen molar-refractivity contribution in [3.63, 3.8) is 0 Å². The minimum absolute atomic E-state index is 0.0836. The molecule has 2 nitrogen and oxygen atoms in total. The second-order valence-corrected chi connectivity index (χ2v) is 5.34. The molecular weight excluding hydrogens is 315 g/mol. The maximum atomic E-state index is 12.4. The molecule has 116 valence electrons. The monoisotopic (exact) mass is 327 g/mol. The number of benzene rings is 1. The molecule has 0 atom stereocenters. The van der Waals surface area contributed by atoms with E-state index >= 15 is 0 Å². The first-order valence-corrected chi connectivity index (χ1v) is 6.96. The fourth-order valence-electron chi connectivity index (χ4n) is 1.96. The van der Waals surface area contributed by atoms with Gasteiger partial charge in [-0.3, -0.25) is 9.78 Å². The van der Waals surface area contributed by atoms with E-state index in [1.54, 1.807) is 25.1 Å². The maximum Gasteiger partial charge on any atom is 0.433 e. The number of alkyl halides is 3. The Kier molecular flexibility index (Phi) is 4.86. The number of ketones is 1. The molecule has 0 saturated carbocycles. The van der Waals surface area contributed by atoms with Crippen molar-refractivity contribution in [3.8, 4) is 0 Å². The molecule has 0 N–H and O–H groups in total. The highest BCUT2D eigenvalue weighted by atomic mass is 35.5. The summed E-state index contributed by atoms with van der Waals surface area (Å²) in [6, 6.07) is 7.27. The summed E-state index contributed by atoms with van der Waals surface area (Å²) in [5, 5.41) is 0.587. The third-order valence-corrected chi connectivity index (χ3v) is 3.66. The summed E-state index contributed by atoms with van der Waals surface area (Å²) in [6.07, 6.45) is -2.75. The van der Waals surface area contributed by atoms with Crippen LogP contribution in [0.5, 0.6) is 0 Å². The highest BCUT2D eigenvalue weighted by Gasteiger charge is 2.31. The van der Waals surface area contributed by atoms with Crippen LogP contribution in [-0.2, 0) is 12.6 Å². The van der Waals surface area contributed by atoms with Crippen molar-refractivity contribution in [2.45, 2.75) is 25.9 Å². The van der Waals surface area contributed by atoms with E-state index < -0.39 is 11.9 Å². The lowest BCUT2D eigenvalue weighted by Crippen LogP contribution is -2.08. The van der Waals surface area contributed by atoms with Crippen LogP contribution < -0.4 is 0 Å². The number of pyridine rings is 1. The number of nitrogens with zero attached hydrogens (tertiary/aromatic N) is 1. The largest absolute Gasteiger partial charge is 0.433 e. The zero-order valence-electron chi connectivity index (χ0n) is 11.7. The minimum atomic E-state index is -4.45. The smallest absolute Gasteiger partial charge is 0.294 e. The molecule has 1 heterocycles. The molecule has 0 bridgehead atoms. The van der Waals surface area contributed by atoms with E-state index in [9.17, 15) is 18.0 Å². The van der Waals surface area contributed by atoms with Crippen LogP contribution in [0.2, 0.25) is 5.02 Å². The number of hydrogen-bond donors (Lipinski definition) is 0. The Bertz CT molecular complexity index is 681. The molecule has 6 heteroatoms. The van der Waals surface area contributed by atoms with E-state index in [-0.39, 0.29) is 12.2 Å². The van der Waals surface area contributed by atoms with Crippen LogP contribution in [0, 0.1) is 6.92 Å². The first-order valence-electron chi connectivity index (χ1n) is 6.59. The Labute approximate surface area is 130 Å². The van der Waals surface area contributed by atoms with E-state index in [4.69, 9.17) is 11.6 Å². The number of carbonyl (C=O) groups is 1. The average molecular weight is 328 g/mol. The quantitative estimate of drug-likeness (QED) is 0.749. The van der Waals surface area contributed by atoms with Crippen LogP contribution in [0.4, 0.5) is 13.2 Å². The Morgan fingerprint density at radius 1 is 1.23 bits per heavy atom. The Hall–Kier alpha value is -1.88. The molecule has 22 heavy (non-hydrogen) atoms. The SMILES string of the molecule is Cc1cc(C(=O)CCc2ccc(C(F)(F)F)nc2)ccc1Cl. The molecule has 0 aliphatic rings. The van der Waals surface area contributed by atoms with Gasteiger partial charge in [0.05, 0.1) is 0 Å². The van der Waals surface area contributed by atoms with Gasteiger partial charge in [0.15, 0.2) is 5.78 Å². The number of rotatable bonds is 4. The summed E-state index contributed by atoms with van der Waals surface area (Å²) in [5.41, 5.74) is 1.01. The molecular formula is C16H13ClF3NO. The normalized spacial score (nSPS) is 11.5. The fourth-order valence-corrected chi connectivity index (χ4v) is 2.08. The van der Waals surface area contributed by atoms with Crippen LogP contribution in [0.25, 0.3) is 0 Å². The lowest BCUT2D eigenvalue weighted by atomic mass is 10.0. The standard InChI is InChI=1S/C16H13ClF3NO/c1-10-8-12(4-5-13(10)17)14(22)6-2-11-3-7-15(21-9-11)16(18,19)20/h3-5,7-9H,2,6H2,1H3. The van der Waals surface area contributed by atoms with Gasteiger partial charge >= 0.3 is 6.18 Å². The number of carbonyl (C=O) groups excluding carboxylic acids is 1. The molecule has 0 saturated heterocycles. The van der Waals surface area contributed by atoms with Gasteiger partial charge in [-0.2, -0.15) is 13.2 Å². The molecule has 2 aromatic rings. The van der Waals surface area contributed by atoms with Crippen molar-refractivity contribution in [1.29, 1.82) is 0 Å². The molecule has 2 rings (SSSR count). The van der Waals surface area contributed by atoms with E-state index in [1.807, 2.05) is 0 Å². The Balaban J connectivity index is 2.00. The van der Waals surface area contributed by atoms with Gasteiger partial charge in [0.2, 0.25) is 0 Å². The molecule has 0 unspecified atom stereocenters. The van der Waals surface area contributed by atoms with Gasteiger partial charge in [-0.1, -0.05) is 17.7 Å². The van der Waals surface area contributed by atoms with E-state index in [0.29, 0.717) is 22.6 Å². The summed E-state index contributed by atoms with van der Waals surface area (Å²) in [5.74, 6) is -0.0836. The van der Waals surface area contributed by atoms with Crippen LogP contribution in [0.1, 0.15) is 33.6 Å². The second-order valence-electron chi connectivity index (χ2n) is 4.94. The van der Waals surface area contributed by atoms with Crippen LogP contribution in [-0.4, -0.2) is 10.8 Å². The topological polar surface area (TPSA) is 30.0 Å². The number of aryl methyl sites for hydroxylation is 2. The van der Waals surface area contributed by atoms with Crippen molar-refractivity contribution >= 4 is 17.4 Å². The van der Waals surface area contributed by atoms with E-state index in [1.165, 1.54) is 6.07 Å². The molecule has 1 aromatic heterocycles. The van der Waals surface area contributed by atoms with E-state index in [0.717, 1.165) is 17.8 Å². The lowest BCUT2D eigenvalue weighted by Gasteiger charge is -2.07. The first-order chi connectivity index (χ1) is 10.3. The van der Waals surface area contributed by atoms with Gasteiger partial charge in [0.1, 0.15) is 5.69 Å². The summed E-state index contributed by atoms with van der Waals surface area (Å²) in [4.78, 5) is 15.4. The number of hydrogen-bond acceptors (Lipinski definition) is 2. The first kappa shape index (κ1) is 16.5. The minimum Gasteiger partial charge on any atom is -0.294 e. The summed E-state index contributed by atoms with van der Waals surface area (Å²) in [7, 11) is 0. The molecule has 0 aliphatic carbocycles. The summed E-state index contributed by atoms with van der Waals surface area (Å²) >= 11 is 5.90. The fraction of sp³-hybridized carbons (Fsp3) is 0.250. The van der Waals surface area contributed by atoms with Crippen LogP contribution in [0.15, 0.2) is 36.5 Å². The zero-order valence-corrected chi connectivity index (χ0v) is 12.5. The predicted molar refractivity (Wildman–Crippen MR) is 78.1 cm³/mol. The highest BCUT2D eigenvalue weighted by molar-refractivity contribution is 6.31. The average Bonchev–Trinajstić information content (AvgIpc) is 2.47. The van der Waals surface area contributed by atoms with Crippen molar-refractivity contribution in [2.75, 3.05) is 0 Å². The van der Waals surface area contributed by atoms with Crippen molar-refractivity contribution in [3.05, 3.63) is 63.9 Å². The Morgan fingerprint density at radius 3 is 2.50 bits per heavy atom. The van der Waals surface area contributed by atoms with Crippen LogP contribution in [0.3, 0.4) is 0 Å². The van der Waals surface area contributed by atoms with Crippen molar-refractivity contribution < 1.29 is 18.0 Å². The Morgan fingerprint density at radius 2 is 1.95 bits per heavy atom. The van der Waals surface area contributed by atoms with Crippen molar-refractivity contribution in [2.24, 2.45) is 0 Å². The molecule has 0 fully saturated rings. The van der Waals surface area contributed by atoms with Crippen molar-refractivity contribution in [1.82, 2.24) is 4.98 Å². The third kappa shape index (κ3) is 4.07. The summed E-state index contributed by atoms with van der Waals surface area (Å²) < 4.78 is 37.2. The number of Topliss-reactive ketones (excluding diaryl/α,β-unsaturated/α-hetero) is 1. The van der Waals surface area contributed by atoms with Gasteiger partial charge in [-0.25, -0.2) is 0 Å². The molecule has 0 radical (unpaired) electrons. The van der Waals surface area contributed by atoms with Crippen LogP contribution >= 0.6 is 11.6 Å². The molecule has 0 spiro atoms. The predicted octanol–water partition coefficient (Wildman–Crippen LogP) is 4.88. The second kappa shape index (κ2) is 6.48. The van der Waals surface area contributed by atoms with Gasteiger partial charge < -0.3 is 0 Å². The molecule has 1 aromatic carbocycles. The van der Waals surface area contributed by atoms with Gasteiger partial charge in [0.25, 0.3) is 0 Å². The molecule has 0 aliphatic heterocycles. The maximum absolute atomic E-state index is 12.4. The number of aromatic nitrogens is 1. The third-order valence-electron chi connectivity index (χ3n) is 3.24. The highest BCUT2D eigenvalue weighted by Crippen LogP contribution is 2.27. The molecule has 0 amide bonds.